The van der Waals surface area contributed by atoms with Crippen molar-refractivity contribution < 1.29 is 9.21 Å². The quantitative estimate of drug-likeness (QED) is 0.733. The summed E-state index contributed by atoms with van der Waals surface area (Å²) >= 11 is 1.34. The fourth-order valence-corrected chi connectivity index (χ4v) is 3.56. The Labute approximate surface area is 138 Å². The smallest absolute Gasteiger partial charge is 0.345 e. The highest BCUT2D eigenvalue weighted by Crippen LogP contribution is 2.31. The Hall–Kier alpha value is -2.14. The number of carbonyl (C=O) groups is 1. The van der Waals surface area contributed by atoms with Gasteiger partial charge in [0.05, 0.1) is 15.0 Å². The third-order valence-electron chi connectivity index (χ3n) is 3.77. The van der Waals surface area contributed by atoms with Crippen LogP contribution in [0.1, 0.15) is 35.5 Å². The monoisotopic (exact) mass is 329 g/mol. The molecule has 0 bridgehead atoms. The predicted octanol–water partition coefficient (Wildman–Crippen LogP) is 4.09. The van der Waals surface area contributed by atoms with Crippen molar-refractivity contribution in [3.05, 3.63) is 45.1 Å². The van der Waals surface area contributed by atoms with Gasteiger partial charge in [0.15, 0.2) is 0 Å². The van der Waals surface area contributed by atoms with E-state index in [9.17, 15) is 9.59 Å². The zero-order chi connectivity index (χ0) is 16.6. The topological polar surface area (TPSA) is 59.3 Å². The van der Waals surface area contributed by atoms with Crippen molar-refractivity contribution in [1.29, 1.82) is 0 Å². The van der Waals surface area contributed by atoms with E-state index in [-0.39, 0.29) is 5.91 Å². The maximum absolute atomic E-state index is 12.3. The summed E-state index contributed by atoms with van der Waals surface area (Å²) in [4.78, 5) is 24.9. The summed E-state index contributed by atoms with van der Waals surface area (Å²) < 4.78 is 6.17. The number of carbonyl (C=O) groups excluding carboxylic acids is 1. The summed E-state index contributed by atoms with van der Waals surface area (Å²) in [6.45, 7) is 6.86. The van der Waals surface area contributed by atoms with Gasteiger partial charge in [-0.05, 0) is 37.5 Å². The molecule has 0 aliphatic carbocycles. The number of hydrogen-bond acceptors (Lipinski definition) is 4. The minimum absolute atomic E-state index is 0.132. The van der Waals surface area contributed by atoms with Gasteiger partial charge in [0.2, 0.25) is 0 Å². The van der Waals surface area contributed by atoms with Gasteiger partial charge < -0.3 is 9.73 Å². The summed E-state index contributed by atoms with van der Waals surface area (Å²) in [7, 11) is 0. The van der Waals surface area contributed by atoms with Crippen LogP contribution in [-0.2, 0) is 0 Å². The number of aryl methyl sites for hydroxylation is 1. The van der Waals surface area contributed by atoms with E-state index in [0.29, 0.717) is 28.3 Å². The Morgan fingerprint density at radius 3 is 2.78 bits per heavy atom. The van der Waals surface area contributed by atoms with Crippen LogP contribution in [0.25, 0.3) is 21.1 Å². The van der Waals surface area contributed by atoms with E-state index in [4.69, 9.17) is 4.42 Å². The van der Waals surface area contributed by atoms with Crippen molar-refractivity contribution in [3.63, 3.8) is 0 Å². The minimum atomic E-state index is -0.395. The van der Waals surface area contributed by atoms with Crippen LogP contribution < -0.4 is 10.9 Å². The largest absolute Gasteiger partial charge is 0.422 e. The molecule has 2 aromatic heterocycles. The minimum Gasteiger partial charge on any atom is -0.422 e. The van der Waals surface area contributed by atoms with Gasteiger partial charge in [-0.3, -0.25) is 4.79 Å². The third-order valence-corrected chi connectivity index (χ3v) is 4.93. The van der Waals surface area contributed by atoms with Gasteiger partial charge in [0.25, 0.3) is 5.91 Å². The first-order valence-electron chi connectivity index (χ1n) is 7.71. The highest BCUT2D eigenvalue weighted by Gasteiger charge is 2.15. The van der Waals surface area contributed by atoms with Gasteiger partial charge in [-0.1, -0.05) is 25.5 Å². The van der Waals surface area contributed by atoms with Crippen LogP contribution >= 0.6 is 11.3 Å². The molecule has 3 rings (SSSR count). The molecule has 0 radical (unpaired) electrons. The van der Waals surface area contributed by atoms with Crippen molar-refractivity contribution in [2.45, 2.75) is 27.2 Å². The number of thiophene rings is 1. The first kappa shape index (κ1) is 15.7. The van der Waals surface area contributed by atoms with Crippen LogP contribution in [0, 0.1) is 12.8 Å². The fourth-order valence-electron chi connectivity index (χ4n) is 2.48. The molecule has 0 saturated carbocycles. The van der Waals surface area contributed by atoms with Gasteiger partial charge in [0, 0.05) is 11.9 Å². The van der Waals surface area contributed by atoms with Crippen molar-refractivity contribution in [2.75, 3.05) is 6.54 Å². The molecule has 0 unspecified atom stereocenters. The number of hydrogen-bond donors (Lipinski definition) is 1. The second kappa shape index (κ2) is 6.16. The van der Waals surface area contributed by atoms with Crippen molar-refractivity contribution in [2.24, 2.45) is 5.92 Å². The Morgan fingerprint density at radius 1 is 1.26 bits per heavy atom. The second-order valence-electron chi connectivity index (χ2n) is 6.18. The third kappa shape index (κ3) is 3.15. The van der Waals surface area contributed by atoms with Crippen molar-refractivity contribution in [1.82, 2.24) is 5.32 Å². The maximum atomic E-state index is 12.3. The Kier molecular flexibility index (Phi) is 4.22. The van der Waals surface area contributed by atoms with Gasteiger partial charge in [-0.15, -0.1) is 11.3 Å². The number of nitrogens with one attached hydrogen (secondary N) is 1. The summed E-state index contributed by atoms with van der Waals surface area (Å²) in [6.07, 6.45) is 0.931. The van der Waals surface area contributed by atoms with Crippen LogP contribution in [0.3, 0.4) is 0 Å². The van der Waals surface area contributed by atoms with E-state index in [2.05, 4.69) is 19.2 Å². The lowest BCUT2D eigenvalue weighted by Crippen LogP contribution is -2.24. The molecule has 0 saturated heterocycles. The summed E-state index contributed by atoms with van der Waals surface area (Å²) in [5, 5.41) is 4.26. The molecular weight excluding hydrogens is 310 g/mol. The Bertz CT molecular complexity index is 936. The molecule has 1 amide bonds. The molecule has 3 aromatic rings. The summed E-state index contributed by atoms with van der Waals surface area (Å²) in [5.41, 5.74) is 1.25. The molecule has 0 aliphatic rings. The molecule has 1 aromatic carbocycles. The van der Waals surface area contributed by atoms with Crippen LogP contribution in [-0.4, -0.2) is 12.5 Å². The summed E-state index contributed by atoms with van der Waals surface area (Å²) in [6, 6.07) is 7.33. The Morgan fingerprint density at radius 2 is 2.04 bits per heavy atom. The SMILES string of the molecule is Cc1ccc2oc(=O)c3cc(C(=O)NCCC(C)C)sc3c2c1. The first-order valence-corrected chi connectivity index (χ1v) is 8.52. The molecule has 4 nitrogen and oxygen atoms in total. The number of amides is 1. The predicted molar refractivity (Wildman–Crippen MR) is 94.4 cm³/mol. The average Bonchev–Trinajstić information content (AvgIpc) is 2.94. The maximum Gasteiger partial charge on any atom is 0.345 e. The average molecular weight is 329 g/mol. The lowest BCUT2D eigenvalue weighted by Gasteiger charge is -2.05. The summed E-state index contributed by atoms with van der Waals surface area (Å²) in [5.74, 6) is 0.406. The van der Waals surface area contributed by atoms with Crippen LogP contribution in [0.15, 0.2) is 33.5 Å². The van der Waals surface area contributed by atoms with E-state index in [1.165, 1.54) is 11.3 Å². The lowest BCUT2D eigenvalue weighted by atomic mass is 10.1. The van der Waals surface area contributed by atoms with E-state index in [1.54, 1.807) is 12.1 Å². The zero-order valence-electron chi connectivity index (χ0n) is 13.4. The molecule has 23 heavy (non-hydrogen) atoms. The van der Waals surface area contributed by atoms with Gasteiger partial charge in [0.1, 0.15) is 5.58 Å². The van der Waals surface area contributed by atoms with Gasteiger partial charge in [-0.2, -0.15) is 0 Å². The fraction of sp³-hybridized carbons (Fsp3) is 0.333. The molecular formula is C18H19NO3S. The lowest BCUT2D eigenvalue weighted by molar-refractivity contribution is 0.0956. The molecule has 1 N–H and O–H groups in total. The zero-order valence-corrected chi connectivity index (χ0v) is 14.3. The Balaban J connectivity index is 2.02. The molecule has 0 fully saturated rings. The number of benzene rings is 1. The number of fused-ring (bicyclic) bond motifs is 3. The van der Waals surface area contributed by atoms with E-state index < -0.39 is 5.63 Å². The van der Waals surface area contributed by atoms with Crippen LogP contribution in [0.4, 0.5) is 0 Å². The standard InChI is InChI=1S/C18H19NO3S/c1-10(2)6-7-19-17(20)15-9-13-16(23-15)12-8-11(3)4-5-14(12)22-18(13)21/h4-5,8-10H,6-7H2,1-3H3,(H,19,20). The van der Waals surface area contributed by atoms with Gasteiger partial charge >= 0.3 is 5.63 Å². The molecule has 2 heterocycles. The highest BCUT2D eigenvalue weighted by molar-refractivity contribution is 7.21. The molecule has 0 aliphatic heterocycles. The van der Waals surface area contributed by atoms with E-state index >= 15 is 0 Å². The first-order chi connectivity index (χ1) is 11.0. The highest BCUT2D eigenvalue weighted by atomic mass is 32.1. The molecule has 5 heteroatoms. The van der Waals surface area contributed by atoms with E-state index in [1.807, 2.05) is 19.1 Å². The normalized spacial score (nSPS) is 11.5. The van der Waals surface area contributed by atoms with Crippen molar-refractivity contribution in [3.8, 4) is 0 Å². The molecule has 120 valence electrons. The second-order valence-corrected chi connectivity index (χ2v) is 7.23. The number of rotatable bonds is 4. The van der Waals surface area contributed by atoms with Gasteiger partial charge in [-0.25, -0.2) is 4.79 Å². The van der Waals surface area contributed by atoms with Crippen LogP contribution in [0.2, 0.25) is 0 Å². The van der Waals surface area contributed by atoms with Crippen molar-refractivity contribution >= 4 is 38.3 Å². The van der Waals surface area contributed by atoms with Crippen LogP contribution in [0.5, 0.6) is 0 Å². The molecule has 0 atom stereocenters. The van der Waals surface area contributed by atoms with E-state index in [0.717, 1.165) is 22.1 Å². The molecule has 0 spiro atoms.